The van der Waals surface area contributed by atoms with Crippen molar-refractivity contribution in [3.05, 3.63) is 131 Å². The van der Waals surface area contributed by atoms with Crippen molar-refractivity contribution in [2.24, 2.45) is 0 Å². The minimum absolute atomic E-state index is 0.0147. The second-order valence-corrected chi connectivity index (χ2v) is 20.0. The highest BCUT2D eigenvalue weighted by atomic mass is 16.6. The molecule has 0 bridgehead atoms. The van der Waals surface area contributed by atoms with Crippen molar-refractivity contribution in [2.45, 2.75) is 130 Å². The molecule has 0 fully saturated rings. The average Bonchev–Trinajstić information content (AvgIpc) is 3.19. The number of carbonyl (C=O) groups excluding carboxylic acids is 4. The van der Waals surface area contributed by atoms with Crippen LogP contribution in [-0.4, -0.2) is 37.1 Å². The largest absolute Gasteiger partial charge is 0.459 e. The van der Waals surface area contributed by atoms with Gasteiger partial charge in [0.05, 0.1) is 12.8 Å². The van der Waals surface area contributed by atoms with Crippen LogP contribution in [0.4, 0.5) is 0 Å². The summed E-state index contributed by atoms with van der Waals surface area (Å²) in [5, 5.41) is 0. The Morgan fingerprint density at radius 1 is 0.452 bits per heavy atom. The monoisotopic (exact) mass is 842 g/mol. The number of carbonyl (C=O) groups is 4. The zero-order valence-corrected chi connectivity index (χ0v) is 39.0. The predicted molar refractivity (Wildman–Crippen MR) is 248 cm³/mol. The summed E-state index contributed by atoms with van der Waals surface area (Å²) < 4.78 is 22.8. The Morgan fingerprint density at radius 3 is 1.06 bits per heavy atom. The maximum absolute atomic E-state index is 13.3. The van der Waals surface area contributed by atoms with Gasteiger partial charge in [-0.2, -0.15) is 0 Å². The van der Waals surface area contributed by atoms with Crippen molar-refractivity contribution in [3.8, 4) is 33.8 Å². The summed E-state index contributed by atoms with van der Waals surface area (Å²) in [6.07, 6.45) is -0.170. The molecule has 8 heteroatoms. The fourth-order valence-corrected chi connectivity index (χ4v) is 6.63. The van der Waals surface area contributed by atoms with Crippen LogP contribution in [0.3, 0.4) is 0 Å². The molecule has 0 radical (unpaired) electrons. The van der Waals surface area contributed by atoms with Crippen LogP contribution in [0, 0.1) is 0 Å². The Morgan fingerprint density at radius 2 is 0.774 bits per heavy atom. The lowest BCUT2D eigenvalue weighted by Crippen LogP contribution is -2.21. The Balaban J connectivity index is 1.30. The third kappa shape index (κ3) is 13.4. The topological polar surface area (TPSA) is 105 Å². The van der Waals surface area contributed by atoms with Gasteiger partial charge in [0.25, 0.3) is 0 Å². The lowest BCUT2D eigenvalue weighted by atomic mass is 9.78. The van der Waals surface area contributed by atoms with Crippen LogP contribution in [0.5, 0.6) is 11.5 Å². The van der Waals surface area contributed by atoms with Gasteiger partial charge in [-0.1, -0.05) is 169 Å². The van der Waals surface area contributed by atoms with E-state index in [0.29, 0.717) is 11.5 Å². The first-order chi connectivity index (χ1) is 28.8. The fraction of sp³-hybridized carbons (Fsp3) is 0.407. The van der Waals surface area contributed by atoms with E-state index in [2.05, 4.69) is 121 Å². The second-order valence-electron chi connectivity index (χ2n) is 20.0. The smallest absolute Gasteiger partial charge is 0.333 e. The fourth-order valence-electron chi connectivity index (χ4n) is 6.63. The molecule has 0 aromatic heterocycles. The van der Waals surface area contributed by atoms with Gasteiger partial charge in [-0.25, -0.2) is 9.59 Å². The summed E-state index contributed by atoms with van der Waals surface area (Å²) in [4.78, 5) is 52.2. The number of esters is 4. The first-order valence-electron chi connectivity index (χ1n) is 21.4. The van der Waals surface area contributed by atoms with Gasteiger partial charge in [-0.05, 0) is 68.9 Å². The number of rotatable bonds is 15. The molecule has 0 saturated carbocycles. The molecule has 8 nitrogen and oxygen atoms in total. The van der Waals surface area contributed by atoms with Gasteiger partial charge >= 0.3 is 23.9 Å². The predicted octanol–water partition coefficient (Wildman–Crippen LogP) is 12.5. The Bertz CT molecular complexity index is 2110. The first kappa shape index (κ1) is 48.9. The summed E-state index contributed by atoms with van der Waals surface area (Å²) >= 11 is 0. The van der Waals surface area contributed by atoms with E-state index in [1.807, 2.05) is 60.7 Å². The van der Waals surface area contributed by atoms with E-state index in [4.69, 9.17) is 18.9 Å². The molecule has 0 aliphatic carbocycles. The molecule has 4 aromatic rings. The summed E-state index contributed by atoms with van der Waals surface area (Å²) in [5.74, 6) is -1.46. The van der Waals surface area contributed by atoms with E-state index in [9.17, 15) is 19.2 Å². The van der Waals surface area contributed by atoms with Crippen LogP contribution in [0.25, 0.3) is 22.3 Å². The van der Waals surface area contributed by atoms with Crippen molar-refractivity contribution in [1.29, 1.82) is 0 Å². The minimum Gasteiger partial charge on any atom is -0.459 e. The van der Waals surface area contributed by atoms with E-state index in [0.717, 1.165) is 44.5 Å². The lowest BCUT2D eigenvalue weighted by molar-refractivity contribution is -0.147. The second kappa shape index (κ2) is 20.0. The van der Waals surface area contributed by atoms with Crippen molar-refractivity contribution < 1.29 is 38.1 Å². The first-order valence-corrected chi connectivity index (χ1v) is 21.4. The molecule has 0 N–H and O–H groups in total. The molecule has 0 heterocycles. The van der Waals surface area contributed by atoms with Gasteiger partial charge in [0, 0.05) is 33.4 Å². The Hall–Kier alpha value is -5.76. The van der Waals surface area contributed by atoms with Gasteiger partial charge in [0.15, 0.2) is 0 Å². The van der Waals surface area contributed by atoms with Crippen LogP contribution >= 0.6 is 0 Å². The molecule has 0 spiro atoms. The lowest BCUT2D eigenvalue weighted by Gasteiger charge is -2.29. The van der Waals surface area contributed by atoms with Crippen molar-refractivity contribution >= 4 is 23.9 Å². The molecule has 4 rings (SSSR count). The van der Waals surface area contributed by atoms with E-state index in [1.54, 1.807) is 0 Å². The Labute approximate surface area is 369 Å². The van der Waals surface area contributed by atoms with Gasteiger partial charge in [-0.15, -0.1) is 0 Å². The van der Waals surface area contributed by atoms with Crippen molar-refractivity contribution in [2.75, 3.05) is 13.2 Å². The number of benzene rings is 4. The van der Waals surface area contributed by atoms with Crippen LogP contribution < -0.4 is 9.47 Å². The highest BCUT2D eigenvalue weighted by molar-refractivity contribution is 5.90. The molecule has 62 heavy (non-hydrogen) atoms. The summed E-state index contributed by atoms with van der Waals surface area (Å²) in [7, 11) is 0. The summed E-state index contributed by atoms with van der Waals surface area (Å²) in [6, 6.07) is 28.0. The van der Waals surface area contributed by atoms with Crippen LogP contribution in [-0.2, 0) is 50.3 Å². The standard InChI is InChI=1S/C54H66O8/c1-35(25-27-45(55)61-47-41(37-21-17-15-18-22-37)31-39(51(3,4)5)33-43(47)53(9,10)11)49(57)59-29-30-60-50(58)36(2)26-28-46(56)62-48-42(38-23-19-16-20-24-38)32-40(52(6,7)8)34-44(48)54(12,13)14/h15-24,31-34H,1-2,25-30H2,3-14H3. The highest BCUT2D eigenvalue weighted by Gasteiger charge is 2.30. The molecule has 0 amide bonds. The molecule has 4 aromatic carbocycles. The highest BCUT2D eigenvalue weighted by Crippen LogP contribution is 2.45. The molecule has 0 aliphatic heterocycles. The minimum atomic E-state index is -0.717. The van der Waals surface area contributed by atoms with Crippen LogP contribution in [0.2, 0.25) is 0 Å². The van der Waals surface area contributed by atoms with E-state index >= 15 is 0 Å². The number of ether oxygens (including phenoxy) is 4. The molecule has 0 aliphatic rings. The third-order valence-electron chi connectivity index (χ3n) is 10.5. The van der Waals surface area contributed by atoms with E-state index < -0.39 is 23.9 Å². The molecule has 0 unspecified atom stereocenters. The maximum Gasteiger partial charge on any atom is 0.333 e. The summed E-state index contributed by atoms with van der Waals surface area (Å²) in [6.45, 7) is 32.6. The molecular formula is C54H66O8. The maximum atomic E-state index is 13.3. The molecule has 330 valence electrons. The zero-order valence-electron chi connectivity index (χ0n) is 39.0. The van der Waals surface area contributed by atoms with Gasteiger partial charge in [0.2, 0.25) is 0 Å². The van der Waals surface area contributed by atoms with Crippen molar-refractivity contribution in [3.63, 3.8) is 0 Å². The van der Waals surface area contributed by atoms with E-state index in [-0.39, 0.29) is 71.7 Å². The molecule has 0 saturated heterocycles. The number of hydrogen-bond donors (Lipinski definition) is 0. The van der Waals surface area contributed by atoms with E-state index in [1.165, 1.54) is 0 Å². The summed E-state index contributed by atoms with van der Waals surface area (Å²) in [5.41, 5.74) is 6.76. The number of hydrogen-bond acceptors (Lipinski definition) is 8. The zero-order chi connectivity index (χ0) is 46.2. The quantitative estimate of drug-likeness (QED) is 0.0504. The average molecular weight is 843 g/mol. The van der Waals surface area contributed by atoms with Gasteiger partial charge in [0.1, 0.15) is 24.7 Å². The van der Waals surface area contributed by atoms with Gasteiger partial charge < -0.3 is 18.9 Å². The third-order valence-corrected chi connectivity index (χ3v) is 10.5. The van der Waals surface area contributed by atoms with Crippen molar-refractivity contribution in [1.82, 2.24) is 0 Å². The Kier molecular flexibility index (Phi) is 15.7. The SMILES string of the molecule is C=C(CCC(=O)Oc1c(-c2ccccc2)cc(C(C)(C)C)cc1C(C)(C)C)C(=O)OCCOC(=O)C(=C)CCC(=O)Oc1c(-c2ccccc2)cc(C(C)(C)C)cc1C(C)(C)C. The molecule has 0 atom stereocenters. The molecular weight excluding hydrogens is 777 g/mol. The van der Waals surface area contributed by atoms with Gasteiger partial charge in [-0.3, -0.25) is 9.59 Å². The van der Waals surface area contributed by atoms with Crippen LogP contribution in [0.1, 0.15) is 131 Å². The van der Waals surface area contributed by atoms with Crippen LogP contribution in [0.15, 0.2) is 109 Å². The normalized spacial score (nSPS) is 12.0.